The molecular formula is C12H12ClN3. The maximum atomic E-state index is 5.92. The molecule has 0 atom stereocenters. The van der Waals surface area contributed by atoms with Crippen LogP contribution in [-0.4, -0.2) is 9.97 Å². The minimum atomic E-state index is 0.377. The molecule has 0 aliphatic rings. The number of anilines is 2. The first-order valence-electron chi connectivity index (χ1n) is 4.97. The van der Waals surface area contributed by atoms with Gasteiger partial charge in [0.25, 0.3) is 0 Å². The van der Waals surface area contributed by atoms with Crippen LogP contribution in [0.1, 0.15) is 11.1 Å². The molecule has 0 amide bonds. The molecule has 0 aliphatic carbocycles. The molecule has 1 aromatic heterocycles. The van der Waals surface area contributed by atoms with Gasteiger partial charge in [0.1, 0.15) is 0 Å². The Morgan fingerprint density at radius 3 is 2.56 bits per heavy atom. The summed E-state index contributed by atoms with van der Waals surface area (Å²) in [6.45, 7) is 4.10. The maximum absolute atomic E-state index is 5.92. The second-order valence-corrected chi connectivity index (χ2v) is 4.00. The SMILES string of the molecule is Cc1ccc(Nc2nccnc2Cl)c(C)c1. The van der Waals surface area contributed by atoms with E-state index >= 15 is 0 Å². The first-order valence-corrected chi connectivity index (χ1v) is 5.35. The lowest BCUT2D eigenvalue weighted by Crippen LogP contribution is -1.97. The molecule has 82 valence electrons. The van der Waals surface area contributed by atoms with Gasteiger partial charge >= 0.3 is 0 Å². The van der Waals surface area contributed by atoms with Crippen molar-refractivity contribution in [1.82, 2.24) is 9.97 Å². The number of hydrogen-bond donors (Lipinski definition) is 1. The summed E-state index contributed by atoms with van der Waals surface area (Å²) in [5.41, 5.74) is 3.38. The Hall–Kier alpha value is -1.61. The van der Waals surface area contributed by atoms with Crippen molar-refractivity contribution in [2.75, 3.05) is 5.32 Å². The highest BCUT2D eigenvalue weighted by Gasteiger charge is 2.04. The van der Waals surface area contributed by atoms with Crippen molar-refractivity contribution in [3.8, 4) is 0 Å². The lowest BCUT2D eigenvalue weighted by molar-refractivity contribution is 1.19. The highest BCUT2D eigenvalue weighted by Crippen LogP contribution is 2.23. The number of hydrogen-bond acceptors (Lipinski definition) is 3. The van der Waals surface area contributed by atoms with Crippen molar-refractivity contribution in [2.24, 2.45) is 0 Å². The third-order valence-electron chi connectivity index (χ3n) is 2.29. The molecule has 0 saturated heterocycles. The summed E-state index contributed by atoms with van der Waals surface area (Å²) in [7, 11) is 0. The number of rotatable bonds is 2. The van der Waals surface area contributed by atoms with Crippen LogP contribution in [0.5, 0.6) is 0 Å². The van der Waals surface area contributed by atoms with Crippen LogP contribution in [0.15, 0.2) is 30.6 Å². The first kappa shape index (κ1) is 10.9. The van der Waals surface area contributed by atoms with Gasteiger partial charge in [-0.1, -0.05) is 29.3 Å². The Labute approximate surface area is 99.5 Å². The van der Waals surface area contributed by atoms with E-state index in [9.17, 15) is 0 Å². The maximum Gasteiger partial charge on any atom is 0.171 e. The van der Waals surface area contributed by atoms with Crippen LogP contribution in [0.25, 0.3) is 0 Å². The predicted molar refractivity (Wildman–Crippen MR) is 66.2 cm³/mol. The molecule has 0 fully saturated rings. The first-order chi connectivity index (χ1) is 7.66. The standard InChI is InChI=1S/C12H12ClN3/c1-8-3-4-10(9(2)7-8)16-12-11(13)14-5-6-15-12/h3-7H,1-2H3,(H,15,16). The van der Waals surface area contributed by atoms with E-state index in [1.807, 2.05) is 19.1 Å². The highest BCUT2D eigenvalue weighted by atomic mass is 35.5. The molecule has 2 aromatic rings. The van der Waals surface area contributed by atoms with Gasteiger partial charge in [-0.05, 0) is 25.5 Å². The lowest BCUT2D eigenvalue weighted by Gasteiger charge is -2.09. The minimum absolute atomic E-state index is 0.377. The summed E-state index contributed by atoms with van der Waals surface area (Å²) in [6.07, 6.45) is 3.17. The van der Waals surface area contributed by atoms with Crippen LogP contribution < -0.4 is 5.32 Å². The van der Waals surface area contributed by atoms with E-state index < -0.39 is 0 Å². The molecule has 0 unspecified atom stereocenters. The van der Waals surface area contributed by atoms with Gasteiger partial charge in [0.2, 0.25) is 0 Å². The van der Waals surface area contributed by atoms with Gasteiger partial charge in [0.05, 0.1) is 0 Å². The molecule has 1 aromatic carbocycles. The normalized spacial score (nSPS) is 10.2. The molecular weight excluding hydrogens is 222 g/mol. The van der Waals surface area contributed by atoms with E-state index in [0.29, 0.717) is 11.0 Å². The number of nitrogens with one attached hydrogen (secondary N) is 1. The summed E-state index contributed by atoms with van der Waals surface area (Å²) in [4.78, 5) is 8.09. The topological polar surface area (TPSA) is 37.8 Å². The second-order valence-electron chi connectivity index (χ2n) is 3.64. The zero-order chi connectivity index (χ0) is 11.5. The number of aromatic nitrogens is 2. The Morgan fingerprint density at radius 2 is 1.88 bits per heavy atom. The smallest absolute Gasteiger partial charge is 0.171 e. The number of halogens is 1. The molecule has 1 heterocycles. The van der Waals surface area contributed by atoms with Crippen molar-refractivity contribution in [2.45, 2.75) is 13.8 Å². The molecule has 0 aliphatic heterocycles. The third kappa shape index (κ3) is 2.31. The van der Waals surface area contributed by atoms with Crippen LogP contribution in [0.3, 0.4) is 0 Å². The summed E-state index contributed by atoms with van der Waals surface area (Å²) in [5, 5.41) is 3.54. The zero-order valence-electron chi connectivity index (χ0n) is 9.16. The van der Waals surface area contributed by atoms with E-state index in [4.69, 9.17) is 11.6 Å². The van der Waals surface area contributed by atoms with Gasteiger partial charge < -0.3 is 5.32 Å². The van der Waals surface area contributed by atoms with Gasteiger partial charge in [0, 0.05) is 18.1 Å². The second kappa shape index (κ2) is 4.49. The van der Waals surface area contributed by atoms with Crippen molar-refractivity contribution < 1.29 is 0 Å². The average Bonchev–Trinajstić information content (AvgIpc) is 2.25. The molecule has 3 nitrogen and oxygen atoms in total. The molecule has 0 saturated carbocycles. The minimum Gasteiger partial charge on any atom is -0.337 e. The van der Waals surface area contributed by atoms with E-state index in [-0.39, 0.29) is 0 Å². The lowest BCUT2D eigenvalue weighted by atomic mass is 10.1. The average molecular weight is 234 g/mol. The van der Waals surface area contributed by atoms with Crippen molar-refractivity contribution in [3.63, 3.8) is 0 Å². The summed E-state index contributed by atoms with van der Waals surface area (Å²) >= 11 is 5.92. The van der Waals surface area contributed by atoms with Gasteiger partial charge in [-0.15, -0.1) is 0 Å². The molecule has 0 radical (unpaired) electrons. The van der Waals surface area contributed by atoms with Gasteiger partial charge in [0.15, 0.2) is 11.0 Å². The Kier molecular flexibility index (Phi) is 3.06. The van der Waals surface area contributed by atoms with Gasteiger partial charge in [-0.25, -0.2) is 9.97 Å². The number of nitrogens with zero attached hydrogens (tertiary/aromatic N) is 2. The van der Waals surface area contributed by atoms with Crippen molar-refractivity contribution >= 4 is 23.1 Å². The Bertz CT molecular complexity index is 511. The largest absolute Gasteiger partial charge is 0.337 e. The van der Waals surface area contributed by atoms with Crippen LogP contribution >= 0.6 is 11.6 Å². The number of aryl methyl sites for hydroxylation is 2. The van der Waals surface area contributed by atoms with E-state index in [0.717, 1.165) is 11.3 Å². The third-order valence-corrected chi connectivity index (χ3v) is 2.57. The molecule has 16 heavy (non-hydrogen) atoms. The van der Waals surface area contributed by atoms with E-state index in [2.05, 4.69) is 28.3 Å². The van der Waals surface area contributed by atoms with E-state index in [1.54, 1.807) is 12.4 Å². The fraction of sp³-hybridized carbons (Fsp3) is 0.167. The Balaban J connectivity index is 2.31. The monoisotopic (exact) mass is 233 g/mol. The quantitative estimate of drug-likeness (QED) is 0.863. The highest BCUT2D eigenvalue weighted by molar-refractivity contribution is 6.31. The summed E-state index contributed by atoms with van der Waals surface area (Å²) in [5.74, 6) is 0.580. The zero-order valence-corrected chi connectivity index (χ0v) is 9.92. The van der Waals surface area contributed by atoms with Gasteiger partial charge in [-0.3, -0.25) is 0 Å². The molecule has 0 bridgehead atoms. The summed E-state index contributed by atoms with van der Waals surface area (Å²) < 4.78 is 0. The Morgan fingerprint density at radius 1 is 1.12 bits per heavy atom. The fourth-order valence-corrected chi connectivity index (χ4v) is 1.64. The predicted octanol–water partition coefficient (Wildman–Crippen LogP) is 3.49. The van der Waals surface area contributed by atoms with Gasteiger partial charge in [-0.2, -0.15) is 0 Å². The van der Waals surface area contributed by atoms with E-state index in [1.165, 1.54) is 5.56 Å². The molecule has 0 spiro atoms. The molecule has 4 heteroatoms. The summed E-state index contributed by atoms with van der Waals surface area (Å²) in [6, 6.07) is 6.15. The van der Waals surface area contributed by atoms with Crippen LogP contribution in [0, 0.1) is 13.8 Å². The van der Waals surface area contributed by atoms with Crippen LogP contribution in [0.4, 0.5) is 11.5 Å². The van der Waals surface area contributed by atoms with Crippen LogP contribution in [0.2, 0.25) is 5.15 Å². The molecule has 2 rings (SSSR count). The van der Waals surface area contributed by atoms with Crippen molar-refractivity contribution in [1.29, 1.82) is 0 Å². The fourth-order valence-electron chi connectivity index (χ4n) is 1.49. The van der Waals surface area contributed by atoms with Crippen LogP contribution in [-0.2, 0) is 0 Å². The molecule has 1 N–H and O–H groups in total. The van der Waals surface area contributed by atoms with Crippen molar-refractivity contribution in [3.05, 3.63) is 46.9 Å². The number of benzene rings is 1.